The highest BCUT2D eigenvalue weighted by molar-refractivity contribution is 7.93. The van der Waals surface area contributed by atoms with Crippen LogP contribution in [-0.4, -0.2) is 23.9 Å². The minimum atomic E-state index is -3.90. The molecule has 0 atom stereocenters. The third kappa shape index (κ3) is 5.35. The Kier molecular flexibility index (Phi) is 7.02. The first-order chi connectivity index (χ1) is 15.0. The fraction of sp³-hybridized carbons (Fsp3) is 0.182. The topological polar surface area (TPSA) is 102 Å². The predicted molar refractivity (Wildman–Crippen MR) is 127 cm³/mol. The molecule has 0 aliphatic heterocycles. The van der Waals surface area contributed by atoms with E-state index in [0.29, 0.717) is 5.75 Å². The summed E-state index contributed by atoms with van der Waals surface area (Å²) in [6, 6.07) is 16.5. The first-order valence-electron chi connectivity index (χ1n) is 9.61. The minimum absolute atomic E-state index is 0.0353. The maximum Gasteiger partial charge on any atom is 0.261 e. The number of rotatable bonds is 8. The van der Waals surface area contributed by atoms with Crippen molar-refractivity contribution >= 4 is 43.0 Å². The zero-order valence-corrected chi connectivity index (χ0v) is 20.1. The molecule has 10 heteroatoms. The van der Waals surface area contributed by atoms with Crippen molar-refractivity contribution in [3.05, 3.63) is 77.3 Å². The number of halogens is 1. The number of sulfonamides is 2. The van der Waals surface area contributed by atoms with Crippen LogP contribution in [0.15, 0.2) is 76.5 Å². The summed E-state index contributed by atoms with van der Waals surface area (Å²) in [5, 5.41) is 0.265. The lowest BCUT2D eigenvalue weighted by molar-refractivity contribution is 0.407. The number of nitrogens with one attached hydrogen (secondary N) is 2. The van der Waals surface area contributed by atoms with Crippen LogP contribution in [0.1, 0.15) is 25.3 Å². The van der Waals surface area contributed by atoms with E-state index in [9.17, 15) is 16.8 Å². The Morgan fingerprint density at radius 1 is 0.812 bits per heavy atom. The Morgan fingerprint density at radius 2 is 1.41 bits per heavy atom. The van der Waals surface area contributed by atoms with Crippen LogP contribution in [0.2, 0.25) is 5.02 Å². The van der Waals surface area contributed by atoms with Gasteiger partial charge in [0, 0.05) is 5.69 Å². The van der Waals surface area contributed by atoms with Gasteiger partial charge in [-0.25, -0.2) is 16.8 Å². The molecular weight excluding hydrogens is 472 g/mol. The molecule has 0 aromatic heterocycles. The highest BCUT2D eigenvalue weighted by Gasteiger charge is 2.19. The number of hydrogen-bond acceptors (Lipinski definition) is 5. The lowest BCUT2D eigenvalue weighted by Gasteiger charge is -2.15. The van der Waals surface area contributed by atoms with E-state index in [4.69, 9.17) is 16.3 Å². The van der Waals surface area contributed by atoms with E-state index in [-0.39, 0.29) is 32.1 Å². The second kappa shape index (κ2) is 9.40. The fourth-order valence-corrected chi connectivity index (χ4v) is 5.41. The molecule has 32 heavy (non-hydrogen) atoms. The van der Waals surface area contributed by atoms with Crippen molar-refractivity contribution in [3.63, 3.8) is 0 Å². The van der Waals surface area contributed by atoms with Crippen LogP contribution in [0.25, 0.3) is 0 Å². The summed E-state index contributed by atoms with van der Waals surface area (Å²) >= 11 is 6.01. The molecule has 2 N–H and O–H groups in total. The Bertz CT molecular complexity index is 1320. The smallest absolute Gasteiger partial charge is 0.261 e. The van der Waals surface area contributed by atoms with Crippen LogP contribution in [0, 0.1) is 0 Å². The molecule has 7 nitrogen and oxygen atoms in total. The number of methoxy groups -OCH3 is 1. The van der Waals surface area contributed by atoms with Crippen LogP contribution in [0.3, 0.4) is 0 Å². The summed E-state index contributed by atoms with van der Waals surface area (Å²) in [6.45, 7) is 3.88. The van der Waals surface area contributed by atoms with Gasteiger partial charge in [0.25, 0.3) is 20.0 Å². The molecule has 3 rings (SSSR count). The summed E-state index contributed by atoms with van der Waals surface area (Å²) < 4.78 is 61.1. The van der Waals surface area contributed by atoms with Crippen molar-refractivity contribution in [2.45, 2.75) is 29.6 Å². The van der Waals surface area contributed by atoms with Gasteiger partial charge in [-0.15, -0.1) is 0 Å². The second-order valence-electron chi connectivity index (χ2n) is 7.27. The zero-order chi connectivity index (χ0) is 23.5. The van der Waals surface area contributed by atoms with E-state index in [1.807, 2.05) is 13.8 Å². The third-order valence-corrected chi connectivity index (χ3v) is 7.76. The van der Waals surface area contributed by atoms with Gasteiger partial charge in [-0.3, -0.25) is 9.44 Å². The number of anilines is 2. The van der Waals surface area contributed by atoms with Crippen LogP contribution in [0.4, 0.5) is 11.4 Å². The number of ether oxygens (including phenoxy) is 1. The van der Waals surface area contributed by atoms with Crippen LogP contribution < -0.4 is 14.2 Å². The summed E-state index contributed by atoms with van der Waals surface area (Å²) in [5.74, 6) is 0.676. The molecule has 0 radical (unpaired) electrons. The maximum atomic E-state index is 12.8. The summed E-state index contributed by atoms with van der Waals surface area (Å²) in [4.78, 5) is 0.0472. The van der Waals surface area contributed by atoms with Crippen molar-refractivity contribution in [2.24, 2.45) is 0 Å². The molecule has 0 bridgehead atoms. The zero-order valence-electron chi connectivity index (χ0n) is 17.7. The molecule has 3 aromatic carbocycles. The molecule has 0 spiro atoms. The minimum Gasteiger partial charge on any atom is -0.496 e. The summed E-state index contributed by atoms with van der Waals surface area (Å²) in [5.41, 5.74) is 1.24. The van der Waals surface area contributed by atoms with Gasteiger partial charge < -0.3 is 4.74 Å². The van der Waals surface area contributed by atoms with Crippen LogP contribution in [0.5, 0.6) is 5.75 Å². The number of para-hydroxylation sites is 1. The molecule has 0 aliphatic rings. The fourth-order valence-electron chi connectivity index (χ4n) is 2.99. The van der Waals surface area contributed by atoms with E-state index in [2.05, 4.69) is 9.44 Å². The lowest BCUT2D eigenvalue weighted by Crippen LogP contribution is -2.15. The van der Waals surface area contributed by atoms with Gasteiger partial charge in [0.05, 0.1) is 27.6 Å². The Hall–Kier alpha value is -2.75. The van der Waals surface area contributed by atoms with Gasteiger partial charge in [-0.2, -0.15) is 0 Å². The monoisotopic (exact) mass is 494 g/mol. The first kappa shape index (κ1) is 23.9. The van der Waals surface area contributed by atoms with E-state index in [0.717, 1.165) is 5.56 Å². The average Bonchev–Trinajstić information content (AvgIpc) is 2.75. The van der Waals surface area contributed by atoms with Crippen molar-refractivity contribution in [1.82, 2.24) is 0 Å². The highest BCUT2D eigenvalue weighted by atomic mass is 35.5. The van der Waals surface area contributed by atoms with E-state index in [1.165, 1.54) is 37.4 Å². The molecule has 0 aliphatic carbocycles. The molecular formula is C22H23ClN2O5S2. The average molecular weight is 495 g/mol. The van der Waals surface area contributed by atoms with Crippen LogP contribution in [-0.2, 0) is 20.0 Å². The number of benzene rings is 3. The normalized spacial score (nSPS) is 11.9. The van der Waals surface area contributed by atoms with Gasteiger partial charge >= 0.3 is 0 Å². The molecule has 0 fully saturated rings. The molecule has 0 saturated carbocycles. The van der Waals surface area contributed by atoms with Crippen molar-refractivity contribution < 1.29 is 21.6 Å². The van der Waals surface area contributed by atoms with Gasteiger partial charge in [0.2, 0.25) is 0 Å². The van der Waals surface area contributed by atoms with E-state index < -0.39 is 20.0 Å². The summed E-state index contributed by atoms with van der Waals surface area (Å²) in [7, 11) is -6.25. The third-order valence-electron chi connectivity index (χ3n) is 4.67. The molecule has 0 unspecified atom stereocenters. The lowest BCUT2D eigenvalue weighted by atomic mass is 10.0. The molecule has 3 aromatic rings. The van der Waals surface area contributed by atoms with Crippen molar-refractivity contribution in [1.29, 1.82) is 0 Å². The molecule has 0 heterocycles. The van der Waals surface area contributed by atoms with Crippen molar-refractivity contribution in [2.75, 3.05) is 16.6 Å². The Balaban J connectivity index is 1.82. The Labute approximate surface area is 193 Å². The standard InChI is InChI=1S/C22H23ClN2O5S2/c1-15(2)19-14-18(12-13-22(19)30-3)32(28,29)24-16-8-10-17(11-9-16)31(26,27)25-21-7-5-4-6-20(21)23/h4-15,24-25H,1-3H3. The Morgan fingerprint density at radius 3 is 2.00 bits per heavy atom. The summed E-state index contributed by atoms with van der Waals surface area (Å²) in [6.07, 6.45) is 0. The van der Waals surface area contributed by atoms with Gasteiger partial charge in [-0.1, -0.05) is 37.6 Å². The van der Waals surface area contributed by atoms with E-state index >= 15 is 0 Å². The predicted octanol–water partition coefficient (Wildman–Crippen LogP) is 5.07. The second-order valence-corrected chi connectivity index (χ2v) is 11.0. The maximum absolute atomic E-state index is 12.8. The molecule has 170 valence electrons. The quantitative estimate of drug-likeness (QED) is 0.455. The first-order valence-corrected chi connectivity index (χ1v) is 13.0. The SMILES string of the molecule is COc1ccc(S(=O)(=O)Nc2ccc(S(=O)(=O)Nc3ccccc3Cl)cc2)cc1C(C)C. The van der Waals surface area contributed by atoms with Gasteiger partial charge in [-0.05, 0) is 66.1 Å². The van der Waals surface area contributed by atoms with Crippen molar-refractivity contribution in [3.8, 4) is 5.75 Å². The largest absolute Gasteiger partial charge is 0.496 e. The molecule has 0 amide bonds. The van der Waals surface area contributed by atoms with Gasteiger partial charge in [0.1, 0.15) is 5.75 Å². The highest BCUT2D eigenvalue weighted by Crippen LogP contribution is 2.30. The van der Waals surface area contributed by atoms with E-state index in [1.54, 1.807) is 36.4 Å². The van der Waals surface area contributed by atoms with Crippen LogP contribution >= 0.6 is 11.6 Å². The van der Waals surface area contributed by atoms with Gasteiger partial charge in [0.15, 0.2) is 0 Å². The number of hydrogen-bond donors (Lipinski definition) is 2. The molecule has 0 saturated heterocycles.